The van der Waals surface area contributed by atoms with Crippen LogP contribution in [0.3, 0.4) is 0 Å². The fourth-order valence-corrected chi connectivity index (χ4v) is 3.81. The van der Waals surface area contributed by atoms with Gasteiger partial charge in [-0.3, -0.25) is 9.69 Å². The van der Waals surface area contributed by atoms with Gasteiger partial charge in [-0.25, -0.2) is 0 Å². The molecule has 0 spiro atoms. The van der Waals surface area contributed by atoms with Gasteiger partial charge >= 0.3 is 5.97 Å². The van der Waals surface area contributed by atoms with Crippen LogP contribution >= 0.6 is 0 Å². The lowest BCUT2D eigenvalue weighted by molar-refractivity contribution is -0.144. The number of fused-ring (bicyclic) bond motifs is 2. The van der Waals surface area contributed by atoms with Crippen molar-refractivity contribution in [3.63, 3.8) is 0 Å². The van der Waals surface area contributed by atoms with Crippen LogP contribution in [0.4, 0.5) is 0 Å². The summed E-state index contributed by atoms with van der Waals surface area (Å²) in [6.45, 7) is 7.72. The van der Waals surface area contributed by atoms with Crippen LogP contribution in [0.25, 0.3) is 0 Å². The number of hydrogen-bond acceptors (Lipinski definition) is 4. The van der Waals surface area contributed by atoms with Gasteiger partial charge < -0.3 is 10.1 Å². The number of esters is 1. The summed E-state index contributed by atoms with van der Waals surface area (Å²) in [5.74, 6) is -0.0645. The lowest BCUT2D eigenvalue weighted by Crippen LogP contribution is -2.51. The fourth-order valence-electron chi connectivity index (χ4n) is 3.81. The third-order valence-corrected chi connectivity index (χ3v) is 4.62. The Hall–Kier alpha value is -0.610. The standard InChI is InChI=1S/C15H28N2O2/c1-4-17(11(3)8-15(18)19-5-2)14-9-12-6-7-13(10-14)16-12/h11-14,16H,4-10H2,1-3H3. The first-order valence-corrected chi connectivity index (χ1v) is 7.81. The molecule has 0 radical (unpaired) electrons. The van der Waals surface area contributed by atoms with E-state index in [2.05, 4.69) is 24.1 Å². The maximum atomic E-state index is 11.6. The fraction of sp³-hybridized carbons (Fsp3) is 0.933. The van der Waals surface area contributed by atoms with E-state index < -0.39 is 0 Å². The Bertz CT molecular complexity index is 297. The predicted octanol–water partition coefficient (Wildman–Crippen LogP) is 1.93. The summed E-state index contributed by atoms with van der Waals surface area (Å²) in [4.78, 5) is 14.1. The Labute approximate surface area is 116 Å². The second-order valence-electron chi connectivity index (χ2n) is 5.95. The summed E-state index contributed by atoms with van der Waals surface area (Å²) in [7, 11) is 0. The van der Waals surface area contributed by atoms with Gasteiger partial charge in [0, 0.05) is 24.2 Å². The predicted molar refractivity (Wildman–Crippen MR) is 76.1 cm³/mol. The second kappa shape index (κ2) is 6.71. The van der Waals surface area contributed by atoms with Crippen LogP contribution in [0.15, 0.2) is 0 Å². The van der Waals surface area contributed by atoms with E-state index in [1.54, 1.807) is 0 Å². The van der Waals surface area contributed by atoms with Crippen molar-refractivity contribution in [1.29, 1.82) is 0 Å². The van der Waals surface area contributed by atoms with Gasteiger partial charge in [0.1, 0.15) is 0 Å². The summed E-state index contributed by atoms with van der Waals surface area (Å²) in [5.41, 5.74) is 0. The topological polar surface area (TPSA) is 41.6 Å². The Kier molecular flexibility index (Phi) is 5.22. The smallest absolute Gasteiger partial charge is 0.307 e. The number of nitrogens with one attached hydrogen (secondary N) is 1. The third-order valence-electron chi connectivity index (χ3n) is 4.62. The molecule has 110 valence electrons. The largest absolute Gasteiger partial charge is 0.466 e. The Morgan fingerprint density at radius 1 is 1.32 bits per heavy atom. The molecule has 2 bridgehead atoms. The maximum Gasteiger partial charge on any atom is 0.307 e. The van der Waals surface area contributed by atoms with E-state index in [-0.39, 0.29) is 12.0 Å². The van der Waals surface area contributed by atoms with Crippen molar-refractivity contribution in [2.24, 2.45) is 0 Å². The van der Waals surface area contributed by atoms with Gasteiger partial charge in [0.05, 0.1) is 13.0 Å². The molecular weight excluding hydrogens is 240 g/mol. The molecule has 4 heteroatoms. The van der Waals surface area contributed by atoms with Crippen LogP contribution < -0.4 is 5.32 Å². The van der Waals surface area contributed by atoms with E-state index in [9.17, 15) is 4.79 Å². The first kappa shape index (κ1) is 14.8. The first-order chi connectivity index (χ1) is 9.13. The zero-order chi connectivity index (χ0) is 13.8. The van der Waals surface area contributed by atoms with Crippen molar-refractivity contribution in [3.05, 3.63) is 0 Å². The number of piperidine rings is 1. The number of rotatable bonds is 6. The molecule has 0 aromatic carbocycles. The van der Waals surface area contributed by atoms with Crippen molar-refractivity contribution < 1.29 is 9.53 Å². The molecule has 2 aliphatic rings. The highest BCUT2D eigenvalue weighted by Crippen LogP contribution is 2.30. The second-order valence-corrected chi connectivity index (χ2v) is 5.95. The van der Waals surface area contributed by atoms with E-state index in [1.807, 2.05) is 6.92 Å². The van der Waals surface area contributed by atoms with Crippen LogP contribution in [0.1, 0.15) is 52.9 Å². The van der Waals surface area contributed by atoms with E-state index in [4.69, 9.17) is 4.74 Å². The normalized spacial score (nSPS) is 31.5. The molecule has 2 rings (SSSR count). The van der Waals surface area contributed by atoms with E-state index >= 15 is 0 Å². The highest BCUT2D eigenvalue weighted by Gasteiger charge is 2.37. The summed E-state index contributed by atoms with van der Waals surface area (Å²) < 4.78 is 5.07. The molecular formula is C15H28N2O2. The SMILES string of the molecule is CCOC(=O)CC(C)N(CC)C1CC2CCC(C1)N2. The van der Waals surface area contributed by atoms with Gasteiger partial charge in [-0.15, -0.1) is 0 Å². The lowest BCUT2D eigenvalue weighted by Gasteiger charge is -2.40. The third kappa shape index (κ3) is 3.69. The number of carbonyl (C=O) groups is 1. The van der Waals surface area contributed by atoms with Crippen molar-refractivity contribution in [2.45, 2.75) is 77.0 Å². The van der Waals surface area contributed by atoms with Crippen molar-refractivity contribution in [2.75, 3.05) is 13.2 Å². The van der Waals surface area contributed by atoms with Crippen LogP contribution in [0.5, 0.6) is 0 Å². The number of nitrogens with zero attached hydrogens (tertiary/aromatic N) is 1. The molecule has 3 atom stereocenters. The average Bonchev–Trinajstić information content (AvgIpc) is 2.69. The molecule has 4 nitrogen and oxygen atoms in total. The summed E-state index contributed by atoms with van der Waals surface area (Å²) in [5, 5.41) is 3.68. The van der Waals surface area contributed by atoms with Gasteiger partial charge in [0.15, 0.2) is 0 Å². The zero-order valence-corrected chi connectivity index (χ0v) is 12.5. The molecule has 0 aromatic heterocycles. The molecule has 0 aromatic rings. The Morgan fingerprint density at radius 2 is 1.95 bits per heavy atom. The monoisotopic (exact) mass is 268 g/mol. The van der Waals surface area contributed by atoms with Crippen LogP contribution in [0.2, 0.25) is 0 Å². The van der Waals surface area contributed by atoms with E-state index in [1.165, 1.54) is 25.7 Å². The molecule has 2 saturated heterocycles. The van der Waals surface area contributed by atoms with Crippen molar-refractivity contribution in [3.8, 4) is 0 Å². The molecule has 19 heavy (non-hydrogen) atoms. The van der Waals surface area contributed by atoms with Gasteiger partial charge in [0.25, 0.3) is 0 Å². The van der Waals surface area contributed by atoms with Gasteiger partial charge in [-0.05, 0) is 46.1 Å². The minimum Gasteiger partial charge on any atom is -0.466 e. The van der Waals surface area contributed by atoms with Crippen LogP contribution in [-0.2, 0) is 9.53 Å². The maximum absolute atomic E-state index is 11.6. The lowest BCUT2D eigenvalue weighted by atomic mass is 9.96. The first-order valence-electron chi connectivity index (χ1n) is 7.81. The Balaban J connectivity index is 1.89. The number of hydrogen-bond donors (Lipinski definition) is 1. The summed E-state index contributed by atoms with van der Waals surface area (Å²) >= 11 is 0. The van der Waals surface area contributed by atoms with Gasteiger partial charge in [-0.1, -0.05) is 6.92 Å². The summed E-state index contributed by atoms with van der Waals surface area (Å²) in [6.07, 6.45) is 5.63. The minimum absolute atomic E-state index is 0.0645. The van der Waals surface area contributed by atoms with Crippen molar-refractivity contribution >= 4 is 5.97 Å². The van der Waals surface area contributed by atoms with Crippen LogP contribution in [-0.4, -0.2) is 48.2 Å². The minimum atomic E-state index is -0.0645. The molecule has 0 saturated carbocycles. The number of ether oxygens (including phenoxy) is 1. The van der Waals surface area contributed by atoms with E-state index in [0.29, 0.717) is 31.2 Å². The van der Waals surface area contributed by atoms with Crippen molar-refractivity contribution in [1.82, 2.24) is 10.2 Å². The van der Waals surface area contributed by atoms with Crippen LogP contribution in [0, 0.1) is 0 Å². The van der Waals surface area contributed by atoms with E-state index in [0.717, 1.165) is 6.54 Å². The quantitative estimate of drug-likeness (QED) is 0.748. The summed E-state index contributed by atoms with van der Waals surface area (Å²) in [6, 6.07) is 2.32. The zero-order valence-electron chi connectivity index (χ0n) is 12.5. The molecule has 0 amide bonds. The van der Waals surface area contributed by atoms with Gasteiger partial charge in [-0.2, -0.15) is 0 Å². The molecule has 2 aliphatic heterocycles. The highest BCUT2D eigenvalue weighted by atomic mass is 16.5. The molecule has 2 heterocycles. The molecule has 2 fully saturated rings. The Morgan fingerprint density at radius 3 is 2.47 bits per heavy atom. The molecule has 3 unspecified atom stereocenters. The number of carbonyl (C=O) groups excluding carboxylic acids is 1. The molecule has 1 N–H and O–H groups in total. The highest BCUT2D eigenvalue weighted by molar-refractivity contribution is 5.70. The van der Waals surface area contributed by atoms with Gasteiger partial charge in [0.2, 0.25) is 0 Å². The molecule has 0 aliphatic carbocycles. The average molecular weight is 268 g/mol.